The van der Waals surface area contributed by atoms with Crippen molar-refractivity contribution in [2.24, 2.45) is 5.73 Å². The zero-order valence-corrected chi connectivity index (χ0v) is 38.2. The summed E-state index contributed by atoms with van der Waals surface area (Å²) in [6, 6.07) is 10.5. The van der Waals surface area contributed by atoms with Gasteiger partial charge < -0.3 is 60.7 Å². The Morgan fingerprint density at radius 2 is 1.41 bits per heavy atom. The molecule has 2 aromatic carbocycles. The topological polar surface area (TPSA) is 297 Å². The predicted molar refractivity (Wildman–Crippen MR) is 235 cm³/mol. The number of hydrogen-bond donors (Lipinski definition) is 6. The van der Waals surface area contributed by atoms with Crippen LogP contribution in [0, 0.1) is 0 Å². The number of amides is 5. The van der Waals surface area contributed by atoms with Crippen LogP contribution >= 0.6 is 11.8 Å². The minimum atomic E-state index is -1.59. The monoisotopic (exact) mass is 942 g/mol. The van der Waals surface area contributed by atoms with Gasteiger partial charge in [0.1, 0.15) is 36.6 Å². The zero-order chi connectivity index (χ0) is 48.5. The Balaban J connectivity index is 1.50. The molecule has 2 fully saturated rings. The SMILES string of the molecule is CSCC[C@@H](NC(=O)[C@@H](N)Cc1ccc(O)cc1)C(=O)NCC(=O)N[C@@H](Cc1ccccc1)C(=O)N1CCC[C@H]1C(=O)N[C@@H]1O[C@H](COC(C)=O)[C@H](OC(C)=O)[C@H](OC(C)=O)[C@H]1OC(C)=O. The van der Waals surface area contributed by atoms with Crippen LogP contribution in [-0.2, 0) is 79.7 Å². The molecule has 2 aliphatic rings. The summed E-state index contributed by atoms with van der Waals surface area (Å²) in [6.45, 7) is 3.31. The molecule has 2 saturated heterocycles. The van der Waals surface area contributed by atoms with E-state index in [1.807, 2.05) is 6.26 Å². The summed E-state index contributed by atoms with van der Waals surface area (Å²) >= 11 is 1.44. The number of phenolic OH excluding ortho intramolecular Hbond substituents is 1. The number of esters is 4. The third kappa shape index (κ3) is 16.0. The van der Waals surface area contributed by atoms with E-state index >= 15 is 0 Å². The number of aromatic hydroxyl groups is 1. The van der Waals surface area contributed by atoms with Gasteiger partial charge in [0.2, 0.25) is 29.5 Å². The highest BCUT2D eigenvalue weighted by atomic mass is 32.2. The van der Waals surface area contributed by atoms with E-state index in [0.29, 0.717) is 23.3 Å². The van der Waals surface area contributed by atoms with Gasteiger partial charge in [-0.2, -0.15) is 11.8 Å². The van der Waals surface area contributed by atoms with Gasteiger partial charge >= 0.3 is 23.9 Å². The first-order valence-electron chi connectivity index (χ1n) is 21.2. The maximum atomic E-state index is 14.4. The highest BCUT2D eigenvalue weighted by Gasteiger charge is 2.53. The highest BCUT2D eigenvalue weighted by Crippen LogP contribution is 2.29. The first kappa shape index (κ1) is 52.4. The van der Waals surface area contributed by atoms with Gasteiger partial charge in [-0.25, -0.2) is 0 Å². The second kappa shape index (κ2) is 25.4. The van der Waals surface area contributed by atoms with Crippen molar-refractivity contribution in [1.29, 1.82) is 0 Å². The highest BCUT2D eigenvalue weighted by molar-refractivity contribution is 7.98. The van der Waals surface area contributed by atoms with E-state index < -0.39 is 121 Å². The molecule has 2 heterocycles. The Labute approximate surface area is 385 Å². The number of nitrogens with two attached hydrogens (primary N) is 1. The maximum absolute atomic E-state index is 14.4. The molecule has 0 radical (unpaired) electrons. The van der Waals surface area contributed by atoms with E-state index in [1.54, 1.807) is 42.5 Å². The first-order valence-corrected chi connectivity index (χ1v) is 22.6. The fourth-order valence-electron chi connectivity index (χ4n) is 7.43. The lowest BCUT2D eigenvalue weighted by atomic mass is 9.97. The standard InChI is InChI=1S/C44H58N6O15S/c1-24(51)61-23-35-37(62-25(2)52)38(63-26(3)53)39(64-27(4)54)43(65-35)49-42(59)34-12-9-18-50(34)44(60)33(21-28-10-7-6-8-11-28)47-36(56)22-46-41(58)32(17-19-66-5)48-40(57)31(45)20-29-13-15-30(55)16-14-29/h6-8,10-11,13-16,31-35,37-39,43,55H,9,12,17-23,45H2,1-5H3,(H,46,58)(H,47,56)(H,48,57)(H,49,59)/t31-,32+,33-,34-,35+,37-,38-,39+,43+/m0/s1. The summed E-state index contributed by atoms with van der Waals surface area (Å²) in [7, 11) is 0. The molecule has 360 valence electrons. The van der Waals surface area contributed by atoms with E-state index in [1.165, 1.54) is 28.8 Å². The van der Waals surface area contributed by atoms with Crippen molar-refractivity contribution in [1.82, 2.24) is 26.2 Å². The van der Waals surface area contributed by atoms with E-state index in [0.717, 1.165) is 27.7 Å². The van der Waals surface area contributed by atoms with E-state index in [9.17, 15) is 48.3 Å². The minimum Gasteiger partial charge on any atom is -0.508 e. The third-order valence-corrected chi connectivity index (χ3v) is 11.1. The van der Waals surface area contributed by atoms with Crippen LogP contribution in [-0.4, -0.2) is 150 Å². The van der Waals surface area contributed by atoms with Gasteiger partial charge in [-0.1, -0.05) is 42.5 Å². The maximum Gasteiger partial charge on any atom is 0.303 e. The Morgan fingerprint density at radius 1 is 0.788 bits per heavy atom. The number of nitrogens with zero attached hydrogens (tertiary/aromatic N) is 1. The molecule has 0 spiro atoms. The van der Waals surface area contributed by atoms with Crippen LogP contribution in [0.1, 0.15) is 58.1 Å². The Kier molecular flexibility index (Phi) is 20.2. The summed E-state index contributed by atoms with van der Waals surface area (Å²) in [6.07, 6.45) is -4.81. The molecule has 66 heavy (non-hydrogen) atoms. The number of hydrogen-bond acceptors (Lipinski definition) is 17. The molecule has 0 unspecified atom stereocenters. The average molecular weight is 943 g/mol. The summed E-state index contributed by atoms with van der Waals surface area (Å²) < 4.78 is 27.5. The molecular weight excluding hydrogens is 885 g/mol. The van der Waals surface area contributed by atoms with Gasteiger partial charge in [0, 0.05) is 40.7 Å². The van der Waals surface area contributed by atoms with Crippen molar-refractivity contribution in [3.8, 4) is 5.75 Å². The van der Waals surface area contributed by atoms with Crippen molar-refractivity contribution in [2.75, 3.05) is 31.7 Å². The van der Waals surface area contributed by atoms with Gasteiger partial charge in [0.05, 0.1) is 12.6 Å². The summed E-state index contributed by atoms with van der Waals surface area (Å²) in [5.74, 6) is -6.16. The Morgan fingerprint density at radius 3 is 2.03 bits per heavy atom. The molecule has 0 saturated carbocycles. The number of rotatable bonds is 21. The average Bonchev–Trinajstić information content (AvgIpc) is 3.76. The zero-order valence-electron chi connectivity index (χ0n) is 37.4. The summed E-state index contributed by atoms with van der Waals surface area (Å²) in [4.78, 5) is 118. The molecule has 2 aromatic rings. The molecular formula is C44H58N6O15S. The molecule has 7 N–H and O–H groups in total. The van der Waals surface area contributed by atoms with Gasteiger partial charge in [-0.3, -0.25) is 43.2 Å². The van der Waals surface area contributed by atoms with Crippen LogP contribution in [0.4, 0.5) is 0 Å². The fourth-order valence-corrected chi connectivity index (χ4v) is 7.90. The van der Waals surface area contributed by atoms with E-state index in [4.69, 9.17) is 29.4 Å². The third-order valence-electron chi connectivity index (χ3n) is 10.4. The molecule has 0 aliphatic carbocycles. The van der Waals surface area contributed by atoms with Crippen LogP contribution in [0.5, 0.6) is 5.75 Å². The second-order valence-corrected chi connectivity index (χ2v) is 16.7. The largest absolute Gasteiger partial charge is 0.508 e. The van der Waals surface area contributed by atoms with Crippen LogP contribution in [0.15, 0.2) is 54.6 Å². The number of benzene rings is 2. The number of ether oxygens (including phenoxy) is 5. The normalized spacial score (nSPS) is 21.5. The number of likely N-dealkylation sites (tertiary alicyclic amines) is 1. The summed E-state index contributed by atoms with van der Waals surface area (Å²) in [5, 5.41) is 20.1. The van der Waals surface area contributed by atoms with Gasteiger partial charge in [-0.05, 0) is 61.0 Å². The Hall–Kier alpha value is -6.26. The van der Waals surface area contributed by atoms with Crippen molar-refractivity contribution in [3.63, 3.8) is 0 Å². The van der Waals surface area contributed by atoms with Crippen molar-refractivity contribution in [3.05, 3.63) is 65.7 Å². The van der Waals surface area contributed by atoms with Gasteiger partial charge in [-0.15, -0.1) is 0 Å². The van der Waals surface area contributed by atoms with Crippen molar-refractivity contribution < 1.29 is 71.9 Å². The van der Waals surface area contributed by atoms with Crippen LogP contribution in [0.2, 0.25) is 0 Å². The molecule has 5 amide bonds. The molecule has 2 aliphatic heterocycles. The predicted octanol–water partition coefficient (Wildman–Crippen LogP) is -0.466. The van der Waals surface area contributed by atoms with Gasteiger partial charge in [0.25, 0.3) is 0 Å². The number of phenols is 1. The van der Waals surface area contributed by atoms with Crippen LogP contribution < -0.4 is 27.0 Å². The molecule has 9 atom stereocenters. The quantitative estimate of drug-likeness (QED) is 0.0681. The summed E-state index contributed by atoms with van der Waals surface area (Å²) in [5.41, 5.74) is 7.51. The fraction of sp³-hybridized carbons (Fsp3) is 0.523. The molecule has 4 rings (SSSR count). The van der Waals surface area contributed by atoms with E-state index in [-0.39, 0.29) is 38.0 Å². The van der Waals surface area contributed by atoms with Crippen molar-refractivity contribution in [2.45, 2.75) is 115 Å². The van der Waals surface area contributed by atoms with Crippen molar-refractivity contribution >= 4 is 65.2 Å². The lowest BCUT2D eigenvalue weighted by Crippen LogP contribution is -2.67. The number of nitrogens with one attached hydrogen (secondary N) is 4. The Bertz CT molecular complexity index is 2040. The molecule has 21 nitrogen and oxygen atoms in total. The molecule has 22 heteroatoms. The van der Waals surface area contributed by atoms with Gasteiger partial charge in [0.15, 0.2) is 24.5 Å². The second-order valence-electron chi connectivity index (χ2n) is 15.7. The molecule has 0 aromatic heterocycles. The molecule has 0 bridgehead atoms. The number of carbonyl (C=O) groups is 9. The lowest BCUT2D eigenvalue weighted by Gasteiger charge is -2.44. The van der Waals surface area contributed by atoms with Crippen LogP contribution in [0.3, 0.4) is 0 Å². The van der Waals surface area contributed by atoms with Crippen LogP contribution in [0.25, 0.3) is 0 Å². The first-order chi connectivity index (χ1) is 31.4. The number of carbonyl (C=O) groups excluding carboxylic acids is 9. The number of thioether (sulfide) groups is 1. The minimum absolute atomic E-state index is 0.00475. The van der Waals surface area contributed by atoms with E-state index in [2.05, 4.69) is 21.3 Å². The smallest absolute Gasteiger partial charge is 0.303 e. The lowest BCUT2D eigenvalue weighted by molar-refractivity contribution is -0.257.